The van der Waals surface area contributed by atoms with Gasteiger partial charge in [-0.05, 0) is 44.0 Å². The van der Waals surface area contributed by atoms with Crippen LogP contribution in [0.5, 0.6) is 5.75 Å². The minimum absolute atomic E-state index is 0.125. The average Bonchev–Trinajstić information content (AvgIpc) is 3.53. The van der Waals surface area contributed by atoms with E-state index in [2.05, 4.69) is 15.2 Å². The maximum absolute atomic E-state index is 14.8. The molecule has 0 amide bonds. The molecule has 1 fully saturated rings. The van der Waals surface area contributed by atoms with Gasteiger partial charge in [-0.1, -0.05) is 44.9 Å². The number of para-hydroxylation sites is 1. The summed E-state index contributed by atoms with van der Waals surface area (Å²) in [5.74, 6) is -0.412. The summed E-state index contributed by atoms with van der Waals surface area (Å²) in [7, 11) is -4.42. The molecule has 2 aromatic heterocycles. The van der Waals surface area contributed by atoms with E-state index < -0.39 is 56.7 Å². The van der Waals surface area contributed by atoms with Crippen molar-refractivity contribution >= 4 is 19.2 Å². The van der Waals surface area contributed by atoms with Gasteiger partial charge in [-0.3, -0.25) is 9.32 Å². The number of carbonyl (C=O) groups is 1. The third-order valence-electron chi connectivity index (χ3n) is 7.56. The number of nitrogens with zero attached hydrogens (tertiary/aromatic N) is 3. The van der Waals surface area contributed by atoms with Gasteiger partial charge in [-0.15, -0.1) is 0 Å². The van der Waals surface area contributed by atoms with Crippen LogP contribution in [0.15, 0.2) is 48.8 Å². The fourth-order valence-corrected chi connectivity index (χ4v) is 6.36. The molecule has 3 aromatic rings. The lowest BCUT2D eigenvalue weighted by molar-refractivity contribution is -0.178. The fraction of sp³-hybridized carbons (Fsp3) is 0.536. The number of esters is 1. The second-order valence-corrected chi connectivity index (χ2v) is 12.1. The highest BCUT2D eigenvalue weighted by atomic mass is 31.2. The fourth-order valence-electron chi connectivity index (χ4n) is 4.86. The molecule has 1 aliphatic heterocycles. The Hall–Kier alpha value is -3.00. The Morgan fingerprint density at radius 2 is 1.88 bits per heavy atom. The molecular weight excluding hydrogens is 589 g/mol. The van der Waals surface area contributed by atoms with Gasteiger partial charge in [-0.2, -0.15) is 10.2 Å². The number of hydrogen-bond donors (Lipinski definition) is 3. The largest absolute Gasteiger partial charge is 0.464 e. The van der Waals surface area contributed by atoms with Crippen molar-refractivity contribution in [2.24, 2.45) is 5.92 Å². The lowest BCUT2D eigenvalue weighted by atomic mass is 9.91. The molecule has 3 heterocycles. The average molecular weight is 627 g/mol. The maximum Gasteiger partial charge on any atom is 0.459 e. The molecular formula is C28H37F2N4O8P. The third-order valence-corrected chi connectivity index (χ3v) is 9.20. The van der Waals surface area contributed by atoms with Crippen LogP contribution in [0.1, 0.15) is 45.0 Å². The maximum atomic E-state index is 14.8. The van der Waals surface area contributed by atoms with Gasteiger partial charge >= 0.3 is 13.7 Å². The number of aromatic nitrogens is 3. The highest BCUT2D eigenvalue weighted by Gasteiger charge is 2.62. The summed E-state index contributed by atoms with van der Waals surface area (Å²) >= 11 is 0. The van der Waals surface area contributed by atoms with Gasteiger partial charge in [0.1, 0.15) is 36.4 Å². The van der Waals surface area contributed by atoms with Crippen LogP contribution in [-0.2, 0) is 29.0 Å². The Morgan fingerprint density at radius 3 is 2.53 bits per heavy atom. The highest BCUT2D eigenvalue weighted by molar-refractivity contribution is 7.52. The number of hydrogen-bond acceptors (Lipinski definition) is 10. The summed E-state index contributed by atoms with van der Waals surface area (Å²) in [4.78, 5) is 16.7. The monoisotopic (exact) mass is 626 g/mol. The first-order valence-electron chi connectivity index (χ1n) is 14.0. The number of aliphatic hydroxyl groups excluding tert-OH is 2. The number of alkyl halides is 2. The first-order chi connectivity index (χ1) is 20.5. The first-order valence-corrected chi connectivity index (χ1v) is 15.6. The van der Waals surface area contributed by atoms with Gasteiger partial charge in [0.15, 0.2) is 5.60 Å². The summed E-state index contributed by atoms with van der Waals surface area (Å²) < 4.78 is 66.7. The quantitative estimate of drug-likeness (QED) is 0.177. The zero-order valence-corrected chi connectivity index (χ0v) is 25.2. The molecule has 15 heteroatoms. The predicted molar refractivity (Wildman–Crippen MR) is 151 cm³/mol. The van der Waals surface area contributed by atoms with E-state index in [-0.39, 0.29) is 24.0 Å². The van der Waals surface area contributed by atoms with Gasteiger partial charge in [0, 0.05) is 0 Å². The molecule has 3 N–H and O–H groups in total. The van der Waals surface area contributed by atoms with Crippen LogP contribution in [-0.4, -0.2) is 74.8 Å². The molecule has 43 heavy (non-hydrogen) atoms. The molecule has 0 radical (unpaired) electrons. The van der Waals surface area contributed by atoms with Crippen LogP contribution in [0.25, 0.3) is 5.52 Å². The van der Waals surface area contributed by atoms with E-state index in [9.17, 15) is 28.4 Å². The van der Waals surface area contributed by atoms with Crippen molar-refractivity contribution in [3.8, 4) is 5.75 Å². The van der Waals surface area contributed by atoms with Gasteiger partial charge in [-0.25, -0.2) is 22.8 Å². The van der Waals surface area contributed by atoms with E-state index in [1.165, 1.54) is 37.5 Å². The molecule has 6 atom stereocenters. The third kappa shape index (κ3) is 6.89. The van der Waals surface area contributed by atoms with Crippen molar-refractivity contribution in [1.82, 2.24) is 19.7 Å². The van der Waals surface area contributed by atoms with E-state index in [0.29, 0.717) is 11.2 Å². The van der Waals surface area contributed by atoms with Crippen LogP contribution in [0, 0.1) is 12.8 Å². The van der Waals surface area contributed by atoms with Crippen molar-refractivity contribution < 1.29 is 46.9 Å². The molecule has 0 unspecified atom stereocenters. The number of rotatable bonds is 14. The van der Waals surface area contributed by atoms with E-state index in [0.717, 1.165) is 17.4 Å². The van der Waals surface area contributed by atoms with Gasteiger partial charge in [0.25, 0.3) is 6.43 Å². The summed E-state index contributed by atoms with van der Waals surface area (Å²) in [6.45, 7) is 6.45. The Labute approximate surface area is 247 Å². The lowest BCUT2D eigenvalue weighted by Gasteiger charge is -2.31. The second-order valence-electron chi connectivity index (χ2n) is 10.4. The number of nitrogens with one attached hydrogen (secondary N) is 1. The molecule has 0 aliphatic carbocycles. The molecule has 236 valence electrons. The van der Waals surface area contributed by atoms with Crippen LogP contribution in [0.4, 0.5) is 8.78 Å². The van der Waals surface area contributed by atoms with Gasteiger partial charge in [0.05, 0.1) is 30.1 Å². The summed E-state index contributed by atoms with van der Waals surface area (Å²) in [6, 6.07) is 9.60. The summed E-state index contributed by atoms with van der Waals surface area (Å²) in [6.07, 6.45) is -6.10. The zero-order valence-electron chi connectivity index (χ0n) is 24.3. The number of fused-ring (bicyclic) bond motifs is 1. The lowest BCUT2D eigenvalue weighted by Crippen LogP contribution is -2.47. The van der Waals surface area contributed by atoms with Crippen molar-refractivity contribution in [2.75, 3.05) is 13.2 Å². The number of aryl methyl sites for hydroxylation is 1. The second kappa shape index (κ2) is 13.7. The van der Waals surface area contributed by atoms with E-state index in [4.69, 9.17) is 18.5 Å². The minimum atomic E-state index is -4.42. The first kappa shape index (κ1) is 32.9. The van der Waals surface area contributed by atoms with Crippen molar-refractivity contribution in [2.45, 2.75) is 76.9 Å². The van der Waals surface area contributed by atoms with Crippen LogP contribution >= 0.6 is 7.75 Å². The summed E-state index contributed by atoms with van der Waals surface area (Å²) in [5, 5.41) is 28.3. The normalized spacial score (nSPS) is 24.4. The molecule has 1 aromatic carbocycles. The van der Waals surface area contributed by atoms with Crippen LogP contribution < -0.4 is 9.61 Å². The highest BCUT2D eigenvalue weighted by Crippen LogP contribution is 2.49. The summed E-state index contributed by atoms with van der Waals surface area (Å²) in [5.41, 5.74) is -2.02. The number of halogens is 2. The Morgan fingerprint density at radius 1 is 1.19 bits per heavy atom. The molecule has 12 nitrogen and oxygen atoms in total. The Balaban J connectivity index is 1.56. The minimum Gasteiger partial charge on any atom is -0.464 e. The number of ether oxygens (including phenoxy) is 2. The van der Waals surface area contributed by atoms with Gasteiger partial charge < -0.3 is 24.2 Å². The molecule has 0 spiro atoms. The van der Waals surface area contributed by atoms with E-state index in [1.807, 2.05) is 13.8 Å². The standard InChI is InChI=1S/C28H37F2N4O8P/c1-5-19(6-2)14-39-26(37)18(4)33-43(38,42-20-10-8-7-9-11-20)40-15-22-24(35)25(36)28(41-22,27(29)30)23-13-12-21-17(3)31-16-32-34(21)23/h7-13,16,18-19,22,24-25,27,35-36H,5-6,14-15H2,1-4H3,(H,33,38)/t18-,22+,24+,25+,28-,43-/m0/s1. The van der Waals surface area contributed by atoms with Crippen LogP contribution in [0.2, 0.25) is 0 Å². The van der Waals surface area contributed by atoms with Crippen LogP contribution in [0.3, 0.4) is 0 Å². The Bertz CT molecular complexity index is 1430. The van der Waals surface area contributed by atoms with E-state index in [1.54, 1.807) is 25.1 Å². The SMILES string of the molecule is CCC(CC)COC(=O)[C@H](C)N[P@](=O)(OC[C@H]1O[C@](c2ccc3c(C)ncnn23)(C(F)F)[C@H](O)[C@@H]1O)Oc1ccccc1. The zero-order chi connectivity index (χ0) is 31.4. The number of carbonyl (C=O) groups excluding carboxylic acids is 1. The molecule has 1 saturated heterocycles. The van der Waals surface area contributed by atoms with Crippen molar-refractivity contribution in [3.05, 3.63) is 60.2 Å². The molecule has 0 bridgehead atoms. The van der Waals surface area contributed by atoms with Crippen molar-refractivity contribution in [1.29, 1.82) is 0 Å². The molecule has 4 rings (SSSR count). The number of benzene rings is 1. The topological polar surface area (TPSA) is 154 Å². The Kier molecular flexibility index (Phi) is 10.5. The predicted octanol–water partition coefficient (Wildman–Crippen LogP) is 3.78. The molecule has 0 saturated carbocycles. The van der Waals surface area contributed by atoms with Crippen molar-refractivity contribution in [3.63, 3.8) is 0 Å². The van der Waals surface area contributed by atoms with E-state index >= 15 is 0 Å². The smallest absolute Gasteiger partial charge is 0.459 e. The number of aliphatic hydroxyl groups is 2. The molecule has 1 aliphatic rings. The van der Waals surface area contributed by atoms with Gasteiger partial charge in [0.2, 0.25) is 0 Å².